The van der Waals surface area contributed by atoms with Gasteiger partial charge < -0.3 is 10.6 Å². The zero-order chi connectivity index (χ0) is 15.7. The van der Waals surface area contributed by atoms with Gasteiger partial charge in [-0.15, -0.1) is 0 Å². The van der Waals surface area contributed by atoms with Crippen LogP contribution in [-0.2, 0) is 0 Å². The van der Waals surface area contributed by atoms with E-state index in [1.54, 1.807) is 0 Å². The van der Waals surface area contributed by atoms with Crippen LogP contribution < -0.4 is 10.6 Å². The molecule has 1 amide bonds. The van der Waals surface area contributed by atoms with E-state index in [2.05, 4.69) is 38.3 Å². The summed E-state index contributed by atoms with van der Waals surface area (Å²) in [6.07, 6.45) is 3.32. The molecule has 1 fully saturated rings. The SMILES string of the molecule is CNc1ccc(C(=O)NC2CC(C)(C)CC(C)(C)C2)cc1. The van der Waals surface area contributed by atoms with Crippen molar-refractivity contribution in [3.63, 3.8) is 0 Å². The molecule has 0 unspecified atom stereocenters. The van der Waals surface area contributed by atoms with Gasteiger partial charge >= 0.3 is 0 Å². The molecule has 1 aromatic rings. The first-order chi connectivity index (χ1) is 9.71. The van der Waals surface area contributed by atoms with Crippen molar-refractivity contribution < 1.29 is 4.79 Å². The van der Waals surface area contributed by atoms with Crippen molar-refractivity contribution in [2.45, 2.75) is 53.0 Å². The number of hydrogen-bond donors (Lipinski definition) is 2. The predicted molar refractivity (Wildman–Crippen MR) is 88.7 cm³/mol. The zero-order valence-electron chi connectivity index (χ0n) is 13.9. The second-order valence-electron chi connectivity index (χ2n) is 7.91. The van der Waals surface area contributed by atoms with Crippen LogP contribution in [0.3, 0.4) is 0 Å². The molecule has 0 radical (unpaired) electrons. The monoisotopic (exact) mass is 288 g/mol. The van der Waals surface area contributed by atoms with E-state index in [0.717, 1.165) is 24.1 Å². The van der Waals surface area contributed by atoms with Gasteiger partial charge in [0.15, 0.2) is 0 Å². The van der Waals surface area contributed by atoms with E-state index in [1.165, 1.54) is 6.42 Å². The van der Waals surface area contributed by atoms with Gasteiger partial charge in [0.1, 0.15) is 0 Å². The van der Waals surface area contributed by atoms with Crippen molar-refractivity contribution in [1.82, 2.24) is 5.32 Å². The lowest BCUT2D eigenvalue weighted by Gasteiger charge is -2.45. The molecule has 3 nitrogen and oxygen atoms in total. The first-order valence-corrected chi connectivity index (χ1v) is 7.79. The molecule has 0 aromatic heterocycles. The Morgan fingerprint density at radius 2 is 1.57 bits per heavy atom. The lowest BCUT2D eigenvalue weighted by Crippen LogP contribution is -2.46. The Morgan fingerprint density at radius 1 is 1.05 bits per heavy atom. The Kier molecular flexibility index (Phi) is 4.31. The normalized spacial score (nSPS) is 20.8. The van der Waals surface area contributed by atoms with Gasteiger partial charge in [-0.3, -0.25) is 4.79 Å². The largest absolute Gasteiger partial charge is 0.388 e. The fourth-order valence-electron chi connectivity index (χ4n) is 4.01. The number of anilines is 1. The minimum absolute atomic E-state index is 0.0381. The smallest absolute Gasteiger partial charge is 0.251 e. The van der Waals surface area contributed by atoms with Gasteiger partial charge in [-0.25, -0.2) is 0 Å². The molecule has 21 heavy (non-hydrogen) atoms. The molecule has 0 bridgehead atoms. The summed E-state index contributed by atoms with van der Waals surface area (Å²) in [4.78, 5) is 12.4. The standard InChI is InChI=1S/C18H28N2O/c1-17(2)10-15(11-18(3,4)12-17)20-16(21)13-6-8-14(19-5)9-7-13/h6-9,15,19H,10-12H2,1-5H3,(H,20,21). The van der Waals surface area contributed by atoms with E-state index in [-0.39, 0.29) is 22.8 Å². The lowest BCUT2D eigenvalue weighted by atomic mass is 9.63. The molecular formula is C18H28N2O. The molecule has 1 aromatic carbocycles. The summed E-state index contributed by atoms with van der Waals surface area (Å²) in [6.45, 7) is 9.20. The van der Waals surface area contributed by atoms with Crippen LogP contribution >= 0.6 is 0 Å². The molecule has 116 valence electrons. The number of rotatable bonds is 3. The Bertz CT molecular complexity index is 486. The molecule has 0 saturated heterocycles. The van der Waals surface area contributed by atoms with Crippen LogP contribution in [0.4, 0.5) is 5.69 Å². The molecule has 0 spiro atoms. The van der Waals surface area contributed by atoms with E-state index in [9.17, 15) is 4.79 Å². The third kappa shape index (κ3) is 4.23. The van der Waals surface area contributed by atoms with Crippen molar-refractivity contribution in [3.05, 3.63) is 29.8 Å². The number of carbonyl (C=O) groups is 1. The molecule has 2 N–H and O–H groups in total. The Morgan fingerprint density at radius 3 is 2.05 bits per heavy atom. The van der Waals surface area contributed by atoms with Gasteiger partial charge in [-0.2, -0.15) is 0 Å². The number of carbonyl (C=O) groups excluding carboxylic acids is 1. The van der Waals surface area contributed by atoms with Crippen LogP contribution in [0.25, 0.3) is 0 Å². The van der Waals surface area contributed by atoms with E-state index in [4.69, 9.17) is 0 Å². The number of hydrogen-bond acceptors (Lipinski definition) is 2. The molecule has 1 aliphatic rings. The van der Waals surface area contributed by atoms with Crippen molar-refractivity contribution in [2.24, 2.45) is 10.8 Å². The predicted octanol–water partition coefficient (Wildman–Crippen LogP) is 4.06. The Labute approximate surface area is 128 Å². The summed E-state index contributed by atoms with van der Waals surface area (Å²) in [5.41, 5.74) is 2.33. The molecule has 1 saturated carbocycles. The van der Waals surface area contributed by atoms with Crippen molar-refractivity contribution in [2.75, 3.05) is 12.4 Å². The average molecular weight is 288 g/mol. The highest BCUT2D eigenvalue weighted by atomic mass is 16.1. The number of amides is 1. The van der Waals surface area contributed by atoms with Crippen LogP contribution in [0.1, 0.15) is 57.3 Å². The zero-order valence-corrected chi connectivity index (χ0v) is 13.9. The fraction of sp³-hybridized carbons (Fsp3) is 0.611. The first-order valence-electron chi connectivity index (χ1n) is 7.79. The summed E-state index contributed by atoms with van der Waals surface area (Å²) in [5.74, 6) is 0.0381. The van der Waals surface area contributed by atoms with Gasteiger partial charge in [-0.05, 0) is 54.4 Å². The minimum atomic E-state index is 0.0381. The number of nitrogens with one attached hydrogen (secondary N) is 2. The molecule has 0 heterocycles. The van der Waals surface area contributed by atoms with Gasteiger partial charge in [0.2, 0.25) is 0 Å². The summed E-state index contributed by atoms with van der Waals surface area (Å²) in [5, 5.41) is 6.29. The lowest BCUT2D eigenvalue weighted by molar-refractivity contribution is 0.0713. The summed E-state index contributed by atoms with van der Waals surface area (Å²) in [7, 11) is 1.88. The Hall–Kier alpha value is -1.51. The molecule has 3 heteroatoms. The molecule has 1 aliphatic carbocycles. The topological polar surface area (TPSA) is 41.1 Å². The minimum Gasteiger partial charge on any atom is -0.388 e. The maximum absolute atomic E-state index is 12.4. The maximum atomic E-state index is 12.4. The van der Waals surface area contributed by atoms with Gasteiger partial charge in [-0.1, -0.05) is 27.7 Å². The third-order valence-corrected chi connectivity index (χ3v) is 4.33. The van der Waals surface area contributed by atoms with Crippen LogP contribution in [0.2, 0.25) is 0 Å². The average Bonchev–Trinajstić information content (AvgIpc) is 2.35. The highest BCUT2D eigenvalue weighted by molar-refractivity contribution is 5.94. The van der Waals surface area contributed by atoms with Gasteiger partial charge in [0.25, 0.3) is 5.91 Å². The van der Waals surface area contributed by atoms with Gasteiger partial charge in [0.05, 0.1) is 0 Å². The van der Waals surface area contributed by atoms with E-state index in [0.29, 0.717) is 0 Å². The second-order valence-corrected chi connectivity index (χ2v) is 7.91. The summed E-state index contributed by atoms with van der Waals surface area (Å²) in [6, 6.07) is 7.88. The summed E-state index contributed by atoms with van der Waals surface area (Å²) >= 11 is 0. The molecular weight excluding hydrogens is 260 g/mol. The van der Waals surface area contributed by atoms with Gasteiger partial charge in [0, 0.05) is 24.3 Å². The van der Waals surface area contributed by atoms with Crippen LogP contribution in [-0.4, -0.2) is 19.0 Å². The van der Waals surface area contributed by atoms with E-state index < -0.39 is 0 Å². The van der Waals surface area contributed by atoms with Crippen LogP contribution in [0, 0.1) is 10.8 Å². The molecule has 0 atom stereocenters. The molecule has 2 rings (SSSR count). The quantitative estimate of drug-likeness (QED) is 0.880. The highest BCUT2D eigenvalue weighted by Gasteiger charge is 2.38. The highest BCUT2D eigenvalue weighted by Crippen LogP contribution is 2.45. The second kappa shape index (κ2) is 5.70. The Balaban J connectivity index is 2.04. The first kappa shape index (κ1) is 15.9. The summed E-state index contributed by atoms with van der Waals surface area (Å²) < 4.78 is 0. The van der Waals surface area contributed by atoms with Crippen LogP contribution in [0.15, 0.2) is 24.3 Å². The van der Waals surface area contributed by atoms with E-state index in [1.807, 2.05) is 31.3 Å². The van der Waals surface area contributed by atoms with Crippen molar-refractivity contribution in [1.29, 1.82) is 0 Å². The third-order valence-electron chi connectivity index (χ3n) is 4.33. The van der Waals surface area contributed by atoms with Crippen molar-refractivity contribution >= 4 is 11.6 Å². The van der Waals surface area contributed by atoms with E-state index >= 15 is 0 Å². The molecule has 0 aliphatic heterocycles. The number of benzene rings is 1. The van der Waals surface area contributed by atoms with Crippen molar-refractivity contribution in [3.8, 4) is 0 Å². The fourth-order valence-corrected chi connectivity index (χ4v) is 4.01. The van der Waals surface area contributed by atoms with Crippen LogP contribution in [0.5, 0.6) is 0 Å². The maximum Gasteiger partial charge on any atom is 0.251 e.